The Morgan fingerprint density at radius 3 is 2.25 bits per heavy atom. The van der Waals surface area contributed by atoms with Crippen molar-refractivity contribution in [2.24, 2.45) is 0 Å². The van der Waals surface area contributed by atoms with Gasteiger partial charge in [-0.15, -0.1) is 0 Å². The summed E-state index contributed by atoms with van der Waals surface area (Å²) in [7, 11) is 1.64. The van der Waals surface area contributed by atoms with Crippen LogP contribution >= 0.6 is 0 Å². The van der Waals surface area contributed by atoms with Gasteiger partial charge in [0.15, 0.2) is 0 Å². The maximum Gasteiger partial charge on any atom is 0.141 e. The molecule has 0 saturated heterocycles. The third-order valence-corrected chi connectivity index (χ3v) is 2.57. The van der Waals surface area contributed by atoms with Crippen LogP contribution in [-0.4, -0.2) is 20.2 Å². The predicted molar refractivity (Wildman–Crippen MR) is 70.2 cm³/mol. The molecule has 0 aliphatic rings. The molecular weight excluding hydrogens is 200 g/mol. The van der Waals surface area contributed by atoms with Crippen molar-refractivity contribution in [1.82, 2.24) is 0 Å². The van der Waals surface area contributed by atoms with Gasteiger partial charge in [-0.3, -0.25) is 0 Å². The Balaban J connectivity index is 2.87. The fourth-order valence-corrected chi connectivity index (χ4v) is 1.83. The van der Waals surface area contributed by atoms with Crippen LogP contribution in [0, 0.1) is 0 Å². The SMILES string of the molecule is CCCN(CCC)c1ccc(OC)c(N)c1. The zero-order chi connectivity index (χ0) is 12.0. The molecule has 2 N–H and O–H groups in total. The molecule has 1 aromatic carbocycles. The van der Waals surface area contributed by atoms with E-state index in [9.17, 15) is 0 Å². The van der Waals surface area contributed by atoms with Gasteiger partial charge in [0.05, 0.1) is 12.8 Å². The number of anilines is 2. The third-order valence-electron chi connectivity index (χ3n) is 2.57. The first-order chi connectivity index (χ1) is 7.72. The number of nitrogen functional groups attached to an aromatic ring is 1. The zero-order valence-electron chi connectivity index (χ0n) is 10.5. The summed E-state index contributed by atoms with van der Waals surface area (Å²) in [6.45, 7) is 6.52. The highest BCUT2D eigenvalue weighted by Gasteiger charge is 2.07. The Hall–Kier alpha value is -1.38. The number of rotatable bonds is 6. The number of benzene rings is 1. The number of ether oxygens (including phenoxy) is 1. The second-order valence-corrected chi connectivity index (χ2v) is 3.91. The van der Waals surface area contributed by atoms with Gasteiger partial charge >= 0.3 is 0 Å². The van der Waals surface area contributed by atoms with Gasteiger partial charge in [0.2, 0.25) is 0 Å². The van der Waals surface area contributed by atoms with Gasteiger partial charge in [-0.25, -0.2) is 0 Å². The van der Waals surface area contributed by atoms with Gasteiger partial charge in [0.1, 0.15) is 5.75 Å². The molecule has 0 aromatic heterocycles. The van der Waals surface area contributed by atoms with Crippen molar-refractivity contribution in [3.8, 4) is 5.75 Å². The topological polar surface area (TPSA) is 38.5 Å². The number of nitrogens with zero attached hydrogens (tertiary/aromatic N) is 1. The summed E-state index contributed by atoms with van der Waals surface area (Å²) in [5.41, 5.74) is 7.80. The molecule has 0 fully saturated rings. The van der Waals surface area contributed by atoms with Crippen LogP contribution in [0.2, 0.25) is 0 Å². The highest BCUT2D eigenvalue weighted by molar-refractivity contribution is 5.63. The zero-order valence-corrected chi connectivity index (χ0v) is 10.5. The molecule has 0 unspecified atom stereocenters. The summed E-state index contributed by atoms with van der Waals surface area (Å²) < 4.78 is 5.16. The maximum atomic E-state index is 5.91. The molecular formula is C13H22N2O. The molecule has 3 heteroatoms. The fraction of sp³-hybridized carbons (Fsp3) is 0.538. The highest BCUT2D eigenvalue weighted by atomic mass is 16.5. The Morgan fingerprint density at radius 1 is 1.19 bits per heavy atom. The van der Waals surface area contributed by atoms with Gasteiger partial charge in [0, 0.05) is 18.8 Å². The molecule has 90 valence electrons. The van der Waals surface area contributed by atoms with Gasteiger partial charge in [0.25, 0.3) is 0 Å². The first kappa shape index (κ1) is 12.7. The summed E-state index contributed by atoms with van der Waals surface area (Å²) >= 11 is 0. The van der Waals surface area contributed by atoms with Crippen LogP contribution in [0.15, 0.2) is 18.2 Å². The lowest BCUT2D eigenvalue weighted by molar-refractivity contribution is 0.417. The third kappa shape index (κ3) is 3.05. The Bertz CT molecular complexity index is 320. The van der Waals surface area contributed by atoms with E-state index in [-0.39, 0.29) is 0 Å². The number of nitrogens with two attached hydrogens (primary N) is 1. The van der Waals surface area contributed by atoms with E-state index in [2.05, 4.69) is 24.8 Å². The van der Waals surface area contributed by atoms with Crippen LogP contribution in [0.1, 0.15) is 26.7 Å². The van der Waals surface area contributed by atoms with Crippen LogP contribution in [-0.2, 0) is 0 Å². The van der Waals surface area contributed by atoms with E-state index in [1.54, 1.807) is 7.11 Å². The number of hydrogen-bond acceptors (Lipinski definition) is 3. The molecule has 0 saturated carbocycles. The van der Waals surface area contributed by atoms with Gasteiger partial charge < -0.3 is 15.4 Å². The average Bonchev–Trinajstić information content (AvgIpc) is 2.28. The standard InChI is InChI=1S/C13H22N2O/c1-4-8-15(9-5-2)11-6-7-13(16-3)12(14)10-11/h6-7,10H,4-5,8-9,14H2,1-3H3. The summed E-state index contributed by atoms with van der Waals surface area (Å²) in [5.74, 6) is 0.747. The van der Waals surface area contributed by atoms with Crippen molar-refractivity contribution < 1.29 is 4.74 Å². The molecule has 0 amide bonds. The molecule has 0 heterocycles. The first-order valence-electron chi connectivity index (χ1n) is 5.91. The van der Waals surface area contributed by atoms with E-state index < -0.39 is 0 Å². The predicted octanol–water partition coefficient (Wildman–Crippen LogP) is 2.90. The molecule has 16 heavy (non-hydrogen) atoms. The summed E-state index contributed by atoms with van der Waals surface area (Å²) in [4.78, 5) is 2.36. The minimum atomic E-state index is 0.706. The number of hydrogen-bond donors (Lipinski definition) is 1. The van der Waals surface area contributed by atoms with Gasteiger partial charge in [-0.05, 0) is 31.0 Å². The summed E-state index contributed by atoms with van der Waals surface area (Å²) in [6.07, 6.45) is 2.29. The lowest BCUT2D eigenvalue weighted by Crippen LogP contribution is -2.24. The minimum Gasteiger partial charge on any atom is -0.495 e. The van der Waals surface area contributed by atoms with Crippen molar-refractivity contribution in [1.29, 1.82) is 0 Å². The van der Waals surface area contributed by atoms with E-state index in [4.69, 9.17) is 10.5 Å². The second kappa shape index (κ2) is 6.26. The molecule has 3 nitrogen and oxygen atoms in total. The van der Waals surface area contributed by atoms with Crippen LogP contribution in [0.5, 0.6) is 5.75 Å². The van der Waals surface area contributed by atoms with Crippen LogP contribution < -0.4 is 15.4 Å². The smallest absolute Gasteiger partial charge is 0.141 e. The van der Waals surface area contributed by atoms with E-state index in [1.807, 2.05) is 12.1 Å². The van der Waals surface area contributed by atoms with Crippen LogP contribution in [0.4, 0.5) is 11.4 Å². The Morgan fingerprint density at radius 2 is 1.81 bits per heavy atom. The molecule has 0 spiro atoms. The first-order valence-corrected chi connectivity index (χ1v) is 5.91. The molecule has 1 rings (SSSR count). The van der Waals surface area contributed by atoms with E-state index in [0.29, 0.717) is 5.69 Å². The fourth-order valence-electron chi connectivity index (χ4n) is 1.83. The molecule has 0 atom stereocenters. The molecule has 0 radical (unpaired) electrons. The molecule has 0 bridgehead atoms. The Kier molecular flexibility index (Phi) is 4.96. The lowest BCUT2D eigenvalue weighted by Gasteiger charge is -2.24. The monoisotopic (exact) mass is 222 g/mol. The average molecular weight is 222 g/mol. The number of methoxy groups -OCH3 is 1. The second-order valence-electron chi connectivity index (χ2n) is 3.91. The van der Waals surface area contributed by atoms with Crippen molar-refractivity contribution in [3.63, 3.8) is 0 Å². The van der Waals surface area contributed by atoms with Crippen molar-refractivity contribution in [2.75, 3.05) is 30.8 Å². The molecule has 0 aliphatic heterocycles. The van der Waals surface area contributed by atoms with Crippen LogP contribution in [0.25, 0.3) is 0 Å². The van der Waals surface area contributed by atoms with E-state index in [0.717, 1.165) is 31.7 Å². The Labute approximate surface area is 98.2 Å². The highest BCUT2D eigenvalue weighted by Crippen LogP contribution is 2.27. The lowest BCUT2D eigenvalue weighted by atomic mass is 10.2. The maximum absolute atomic E-state index is 5.91. The quantitative estimate of drug-likeness (QED) is 0.752. The minimum absolute atomic E-state index is 0.706. The largest absolute Gasteiger partial charge is 0.495 e. The van der Waals surface area contributed by atoms with Gasteiger partial charge in [-0.1, -0.05) is 13.8 Å². The van der Waals surface area contributed by atoms with Crippen molar-refractivity contribution in [2.45, 2.75) is 26.7 Å². The van der Waals surface area contributed by atoms with Crippen LogP contribution in [0.3, 0.4) is 0 Å². The van der Waals surface area contributed by atoms with Crippen molar-refractivity contribution in [3.05, 3.63) is 18.2 Å². The summed E-state index contributed by atoms with van der Waals surface area (Å²) in [6, 6.07) is 5.99. The van der Waals surface area contributed by atoms with E-state index in [1.165, 1.54) is 5.69 Å². The van der Waals surface area contributed by atoms with Crippen molar-refractivity contribution >= 4 is 11.4 Å². The normalized spacial score (nSPS) is 10.2. The molecule has 1 aromatic rings. The van der Waals surface area contributed by atoms with E-state index >= 15 is 0 Å². The van der Waals surface area contributed by atoms with Gasteiger partial charge in [-0.2, -0.15) is 0 Å². The summed E-state index contributed by atoms with van der Waals surface area (Å²) in [5, 5.41) is 0. The molecule has 0 aliphatic carbocycles.